The van der Waals surface area contributed by atoms with Crippen LogP contribution in [0.2, 0.25) is 0 Å². The molecule has 1 aromatic carbocycles. The van der Waals surface area contributed by atoms with E-state index in [9.17, 15) is 4.39 Å². The zero-order chi connectivity index (χ0) is 9.84. The second kappa shape index (κ2) is 4.22. The van der Waals surface area contributed by atoms with Crippen molar-refractivity contribution < 1.29 is 19.1 Å². The van der Waals surface area contributed by atoms with Crippen molar-refractivity contribution in [1.82, 2.24) is 0 Å². The molecule has 0 spiro atoms. The highest BCUT2D eigenvalue weighted by Crippen LogP contribution is 2.19. The molecule has 6 heteroatoms. The molecule has 0 aliphatic heterocycles. The summed E-state index contributed by atoms with van der Waals surface area (Å²) in [5, 5.41) is 16.9. The van der Waals surface area contributed by atoms with Crippen molar-refractivity contribution in [3.05, 3.63) is 29.6 Å². The Bertz CT molecular complexity index is 295. The van der Waals surface area contributed by atoms with Crippen LogP contribution in [0.3, 0.4) is 0 Å². The lowest BCUT2D eigenvalue weighted by atomic mass is 10.2. The smallest absolute Gasteiger partial charge is 0.510 e. The Balaban J connectivity index is 2.94. The fraction of sp³-hybridized carbons (Fsp3) is 0.143. The minimum absolute atomic E-state index is 0.0323. The number of nitrogens with two attached hydrogens (primary N) is 1. The first kappa shape index (κ1) is 9.98. The molecule has 1 rings (SSSR count). The third-order valence-electron chi connectivity index (χ3n) is 1.50. The number of rotatable bonds is 3. The quantitative estimate of drug-likeness (QED) is 0.561. The van der Waals surface area contributed by atoms with Gasteiger partial charge in [0.25, 0.3) is 0 Å². The summed E-state index contributed by atoms with van der Waals surface area (Å²) in [6, 6.07) is 4.29. The first-order chi connectivity index (χ1) is 6.15. The van der Waals surface area contributed by atoms with E-state index in [0.29, 0.717) is 0 Å². The van der Waals surface area contributed by atoms with Crippen LogP contribution in [-0.4, -0.2) is 17.4 Å². The van der Waals surface area contributed by atoms with E-state index in [1.54, 1.807) is 0 Å². The van der Waals surface area contributed by atoms with Gasteiger partial charge in [-0.25, -0.2) is 4.39 Å². The van der Waals surface area contributed by atoms with Crippen LogP contribution in [0.25, 0.3) is 0 Å². The van der Waals surface area contributed by atoms with Gasteiger partial charge in [-0.1, -0.05) is 12.1 Å². The SMILES string of the molecule is NCc1cccc(OB(O)O)c1F. The van der Waals surface area contributed by atoms with Crippen molar-refractivity contribution in [2.75, 3.05) is 0 Å². The van der Waals surface area contributed by atoms with Crippen molar-refractivity contribution in [3.8, 4) is 5.75 Å². The van der Waals surface area contributed by atoms with Gasteiger partial charge < -0.3 is 20.4 Å². The van der Waals surface area contributed by atoms with Gasteiger partial charge in [-0.2, -0.15) is 0 Å². The maximum Gasteiger partial charge on any atom is 0.707 e. The van der Waals surface area contributed by atoms with Crippen LogP contribution in [0.15, 0.2) is 18.2 Å². The number of hydrogen-bond acceptors (Lipinski definition) is 4. The molecule has 0 radical (unpaired) electrons. The maximum atomic E-state index is 13.2. The molecule has 70 valence electrons. The van der Waals surface area contributed by atoms with E-state index in [1.165, 1.54) is 18.2 Å². The summed E-state index contributed by atoms with van der Waals surface area (Å²) >= 11 is 0. The highest BCUT2D eigenvalue weighted by Gasteiger charge is 2.15. The first-order valence-electron chi connectivity index (χ1n) is 3.65. The number of hydrogen-bond donors (Lipinski definition) is 3. The second-order valence-corrected chi connectivity index (χ2v) is 2.38. The van der Waals surface area contributed by atoms with Gasteiger partial charge >= 0.3 is 7.32 Å². The summed E-state index contributed by atoms with van der Waals surface area (Å²) in [6.07, 6.45) is 0. The molecule has 0 heterocycles. The minimum atomic E-state index is -2.03. The molecular weight excluding hydrogens is 176 g/mol. The van der Waals surface area contributed by atoms with Gasteiger partial charge in [0.15, 0.2) is 5.82 Å². The largest absolute Gasteiger partial charge is 0.707 e. The molecule has 0 aliphatic rings. The topological polar surface area (TPSA) is 75.7 Å². The Labute approximate surface area is 74.9 Å². The summed E-state index contributed by atoms with van der Waals surface area (Å²) in [6.45, 7) is 0.0323. The Morgan fingerprint density at radius 3 is 2.69 bits per heavy atom. The van der Waals surface area contributed by atoms with E-state index in [2.05, 4.69) is 4.65 Å². The van der Waals surface area contributed by atoms with Gasteiger partial charge in [0.05, 0.1) is 0 Å². The number of halogens is 1. The normalized spacial score (nSPS) is 9.85. The fourth-order valence-electron chi connectivity index (χ4n) is 0.918. The van der Waals surface area contributed by atoms with Gasteiger partial charge in [-0.05, 0) is 6.07 Å². The molecule has 0 saturated heterocycles. The van der Waals surface area contributed by atoms with Crippen LogP contribution >= 0.6 is 0 Å². The molecule has 0 saturated carbocycles. The molecule has 0 amide bonds. The third-order valence-corrected chi connectivity index (χ3v) is 1.50. The lowest BCUT2D eigenvalue weighted by Crippen LogP contribution is -2.21. The average Bonchev–Trinajstić information content (AvgIpc) is 2.08. The molecule has 4 nitrogen and oxygen atoms in total. The van der Waals surface area contributed by atoms with Gasteiger partial charge in [0.1, 0.15) is 5.75 Å². The van der Waals surface area contributed by atoms with Crippen molar-refractivity contribution in [3.63, 3.8) is 0 Å². The standard InChI is InChI=1S/C7H9BFNO3/c9-7-5(4-10)2-1-3-6(7)13-8(11)12/h1-3,11-12H,4,10H2. The van der Waals surface area contributed by atoms with Crippen LogP contribution in [0.1, 0.15) is 5.56 Å². The van der Waals surface area contributed by atoms with Crippen molar-refractivity contribution in [2.24, 2.45) is 5.73 Å². The predicted molar refractivity (Wildman–Crippen MR) is 45.1 cm³/mol. The summed E-state index contributed by atoms with van der Waals surface area (Å²) in [5.74, 6) is -0.893. The Hall–Kier alpha value is -1.11. The van der Waals surface area contributed by atoms with Crippen LogP contribution in [-0.2, 0) is 6.54 Å². The van der Waals surface area contributed by atoms with E-state index >= 15 is 0 Å². The van der Waals surface area contributed by atoms with Crippen molar-refractivity contribution in [1.29, 1.82) is 0 Å². The fourth-order valence-corrected chi connectivity index (χ4v) is 0.918. The van der Waals surface area contributed by atoms with E-state index in [4.69, 9.17) is 15.8 Å². The lowest BCUT2D eigenvalue weighted by molar-refractivity contribution is 0.281. The van der Waals surface area contributed by atoms with E-state index in [-0.39, 0.29) is 17.9 Å². The van der Waals surface area contributed by atoms with Crippen LogP contribution < -0.4 is 10.4 Å². The van der Waals surface area contributed by atoms with Crippen molar-refractivity contribution >= 4 is 7.32 Å². The molecule has 0 atom stereocenters. The molecular formula is C7H9BFNO3. The molecule has 0 fully saturated rings. The van der Waals surface area contributed by atoms with E-state index < -0.39 is 13.1 Å². The Kier molecular flexibility index (Phi) is 3.24. The Morgan fingerprint density at radius 2 is 2.15 bits per heavy atom. The molecule has 0 bridgehead atoms. The van der Waals surface area contributed by atoms with Crippen LogP contribution in [0, 0.1) is 5.82 Å². The summed E-state index contributed by atoms with van der Waals surface area (Å²) < 4.78 is 17.6. The zero-order valence-electron chi connectivity index (χ0n) is 6.77. The van der Waals surface area contributed by atoms with Gasteiger partial charge in [0, 0.05) is 12.1 Å². The van der Waals surface area contributed by atoms with Crippen LogP contribution in [0.5, 0.6) is 5.75 Å². The lowest BCUT2D eigenvalue weighted by Gasteiger charge is -2.07. The van der Waals surface area contributed by atoms with Crippen LogP contribution in [0.4, 0.5) is 4.39 Å². The summed E-state index contributed by atoms with van der Waals surface area (Å²) in [4.78, 5) is 0. The summed E-state index contributed by atoms with van der Waals surface area (Å²) in [7, 11) is -2.03. The van der Waals surface area contributed by atoms with Gasteiger partial charge in [0.2, 0.25) is 0 Å². The maximum absolute atomic E-state index is 13.2. The van der Waals surface area contributed by atoms with Gasteiger partial charge in [-0.3, -0.25) is 0 Å². The van der Waals surface area contributed by atoms with E-state index in [0.717, 1.165) is 0 Å². The predicted octanol–water partition coefficient (Wildman–Crippen LogP) is -0.367. The molecule has 13 heavy (non-hydrogen) atoms. The third kappa shape index (κ3) is 2.41. The zero-order valence-corrected chi connectivity index (χ0v) is 6.77. The minimum Gasteiger partial charge on any atom is -0.510 e. The second-order valence-electron chi connectivity index (χ2n) is 2.38. The van der Waals surface area contributed by atoms with Gasteiger partial charge in [-0.15, -0.1) is 0 Å². The van der Waals surface area contributed by atoms with Crippen molar-refractivity contribution in [2.45, 2.75) is 6.54 Å². The average molecular weight is 185 g/mol. The molecule has 0 aliphatic carbocycles. The highest BCUT2D eigenvalue weighted by atomic mass is 19.1. The Morgan fingerprint density at radius 1 is 1.46 bits per heavy atom. The first-order valence-corrected chi connectivity index (χ1v) is 3.65. The summed E-state index contributed by atoms with van der Waals surface area (Å²) in [5.41, 5.74) is 5.49. The molecule has 0 unspecified atom stereocenters. The molecule has 1 aromatic rings. The van der Waals surface area contributed by atoms with E-state index in [1.807, 2.05) is 0 Å². The highest BCUT2D eigenvalue weighted by molar-refractivity contribution is 6.33. The molecule has 4 N–H and O–H groups in total. The monoisotopic (exact) mass is 185 g/mol. The molecule has 0 aromatic heterocycles. The number of benzene rings is 1.